The van der Waals surface area contributed by atoms with Gasteiger partial charge in [0.15, 0.2) is 0 Å². The molecule has 0 spiro atoms. The Hall–Kier alpha value is -1.15. The standard InChI is InChI=1S/C15H20O2/c16-12-15(13-8-4-3-5-9-13)11-7-2-1-6-10-14(15)17/h3-5,8-9,16H,1-2,6-7,10-12H2/t15-/m0/s1. The number of aliphatic hydroxyl groups is 1. The zero-order chi connectivity index (χ0) is 12.1. The second kappa shape index (κ2) is 5.46. The van der Waals surface area contributed by atoms with E-state index >= 15 is 0 Å². The number of carbonyl (C=O) groups is 1. The summed E-state index contributed by atoms with van der Waals surface area (Å²) in [5.74, 6) is 0.214. The quantitative estimate of drug-likeness (QED) is 0.851. The van der Waals surface area contributed by atoms with E-state index in [1.807, 2.05) is 30.3 Å². The van der Waals surface area contributed by atoms with Gasteiger partial charge >= 0.3 is 0 Å². The molecule has 2 nitrogen and oxygen atoms in total. The molecule has 0 radical (unpaired) electrons. The van der Waals surface area contributed by atoms with Crippen LogP contribution in [-0.4, -0.2) is 17.5 Å². The zero-order valence-electron chi connectivity index (χ0n) is 10.2. The van der Waals surface area contributed by atoms with E-state index in [0.717, 1.165) is 31.2 Å². The number of rotatable bonds is 2. The van der Waals surface area contributed by atoms with Crippen LogP contribution in [0.25, 0.3) is 0 Å². The van der Waals surface area contributed by atoms with Gasteiger partial charge < -0.3 is 5.11 Å². The second-order valence-electron chi connectivity index (χ2n) is 4.94. The molecule has 1 aliphatic carbocycles. The maximum atomic E-state index is 12.4. The molecule has 2 heteroatoms. The van der Waals surface area contributed by atoms with Gasteiger partial charge in [0, 0.05) is 6.42 Å². The summed E-state index contributed by atoms with van der Waals surface area (Å²) in [4.78, 5) is 12.4. The lowest BCUT2D eigenvalue weighted by Crippen LogP contribution is -2.40. The largest absolute Gasteiger partial charge is 0.395 e. The number of hydrogen-bond acceptors (Lipinski definition) is 2. The highest BCUT2D eigenvalue weighted by Crippen LogP contribution is 2.34. The molecule has 92 valence electrons. The average molecular weight is 232 g/mol. The number of ketones is 1. The first kappa shape index (κ1) is 12.3. The highest BCUT2D eigenvalue weighted by atomic mass is 16.3. The number of aliphatic hydroxyl groups excluding tert-OH is 1. The molecule has 1 aromatic carbocycles. The minimum Gasteiger partial charge on any atom is -0.395 e. The molecule has 0 aliphatic heterocycles. The fourth-order valence-electron chi connectivity index (χ4n) is 2.77. The number of carbonyl (C=O) groups excluding carboxylic acids is 1. The average Bonchev–Trinajstić information content (AvgIpc) is 2.36. The Labute approximate surface area is 103 Å². The van der Waals surface area contributed by atoms with E-state index in [2.05, 4.69) is 0 Å². The summed E-state index contributed by atoms with van der Waals surface area (Å²) in [6.07, 6.45) is 5.69. The van der Waals surface area contributed by atoms with Crippen LogP contribution in [-0.2, 0) is 10.2 Å². The summed E-state index contributed by atoms with van der Waals surface area (Å²) < 4.78 is 0. The molecule has 0 unspecified atom stereocenters. The second-order valence-corrected chi connectivity index (χ2v) is 4.94. The lowest BCUT2D eigenvalue weighted by Gasteiger charge is -2.32. The van der Waals surface area contributed by atoms with E-state index < -0.39 is 5.41 Å². The van der Waals surface area contributed by atoms with Gasteiger partial charge in [0.1, 0.15) is 5.78 Å². The molecule has 0 heterocycles. The molecule has 2 rings (SSSR count). The van der Waals surface area contributed by atoms with Crippen molar-refractivity contribution in [1.82, 2.24) is 0 Å². The van der Waals surface area contributed by atoms with E-state index in [4.69, 9.17) is 0 Å². The topological polar surface area (TPSA) is 37.3 Å². The van der Waals surface area contributed by atoms with Crippen LogP contribution in [0.5, 0.6) is 0 Å². The molecule has 0 bridgehead atoms. The Morgan fingerprint density at radius 1 is 1.06 bits per heavy atom. The van der Waals surface area contributed by atoms with Crippen LogP contribution in [0.2, 0.25) is 0 Å². The van der Waals surface area contributed by atoms with Crippen LogP contribution in [0.15, 0.2) is 30.3 Å². The molecule has 1 aromatic rings. The van der Waals surface area contributed by atoms with Gasteiger partial charge in [-0.15, -0.1) is 0 Å². The van der Waals surface area contributed by atoms with Gasteiger partial charge in [-0.2, -0.15) is 0 Å². The van der Waals surface area contributed by atoms with Crippen LogP contribution in [0.3, 0.4) is 0 Å². The fourth-order valence-corrected chi connectivity index (χ4v) is 2.77. The summed E-state index contributed by atoms with van der Waals surface area (Å²) in [5, 5.41) is 9.76. The zero-order valence-corrected chi connectivity index (χ0v) is 10.2. The lowest BCUT2D eigenvalue weighted by atomic mass is 9.71. The van der Waals surface area contributed by atoms with E-state index in [1.165, 1.54) is 6.42 Å². The smallest absolute Gasteiger partial charge is 0.145 e. The Bertz CT molecular complexity index is 372. The Morgan fingerprint density at radius 2 is 1.76 bits per heavy atom. The first-order chi connectivity index (χ1) is 8.29. The molecule has 1 N–H and O–H groups in total. The van der Waals surface area contributed by atoms with Gasteiger partial charge in [0.2, 0.25) is 0 Å². The predicted octanol–water partition coefficient (Wildman–Crippen LogP) is 2.84. The van der Waals surface area contributed by atoms with Gasteiger partial charge in [-0.1, -0.05) is 49.6 Å². The number of Topliss-reactive ketones (excluding diaryl/α,β-unsaturated/α-hetero) is 1. The van der Waals surface area contributed by atoms with Gasteiger partial charge in [-0.3, -0.25) is 4.79 Å². The molecule has 1 fully saturated rings. The summed E-state index contributed by atoms with van der Waals surface area (Å²) >= 11 is 0. The van der Waals surface area contributed by atoms with Crippen molar-refractivity contribution < 1.29 is 9.90 Å². The predicted molar refractivity (Wildman–Crippen MR) is 67.9 cm³/mol. The maximum absolute atomic E-state index is 12.4. The monoisotopic (exact) mass is 232 g/mol. The molecule has 1 atom stereocenters. The molecule has 0 aromatic heterocycles. The minimum atomic E-state index is -0.637. The van der Waals surface area contributed by atoms with Crippen LogP contribution >= 0.6 is 0 Å². The molecule has 1 aliphatic rings. The van der Waals surface area contributed by atoms with Crippen LogP contribution in [0.1, 0.15) is 44.1 Å². The van der Waals surface area contributed by atoms with Crippen LogP contribution in [0.4, 0.5) is 0 Å². The third kappa shape index (κ3) is 2.42. The number of hydrogen-bond donors (Lipinski definition) is 1. The minimum absolute atomic E-state index is 0.0597. The van der Waals surface area contributed by atoms with Crippen molar-refractivity contribution in [3.63, 3.8) is 0 Å². The van der Waals surface area contributed by atoms with Crippen molar-refractivity contribution in [2.75, 3.05) is 6.61 Å². The first-order valence-corrected chi connectivity index (χ1v) is 6.49. The van der Waals surface area contributed by atoms with Gasteiger partial charge in [0.05, 0.1) is 12.0 Å². The fraction of sp³-hybridized carbons (Fsp3) is 0.533. The molecule has 0 saturated heterocycles. The van der Waals surface area contributed by atoms with E-state index in [9.17, 15) is 9.90 Å². The SMILES string of the molecule is O=C1CCCCCC[C@]1(CO)c1ccccc1. The van der Waals surface area contributed by atoms with Crippen molar-refractivity contribution in [1.29, 1.82) is 0 Å². The van der Waals surface area contributed by atoms with Crippen LogP contribution in [0, 0.1) is 0 Å². The third-order valence-electron chi connectivity index (χ3n) is 3.89. The molecule has 17 heavy (non-hydrogen) atoms. The summed E-state index contributed by atoms with van der Waals surface area (Å²) in [6.45, 7) is -0.0597. The highest BCUT2D eigenvalue weighted by molar-refractivity contribution is 5.90. The number of benzene rings is 1. The van der Waals surface area contributed by atoms with Crippen molar-refractivity contribution in [2.45, 2.75) is 43.9 Å². The Morgan fingerprint density at radius 3 is 2.47 bits per heavy atom. The van der Waals surface area contributed by atoms with E-state index in [-0.39, 0.29) is 12.4 Å². The molecule has 1 saturated carbocycles. The summed E-state index contributed by atoms with van der Waals surface area (Å²) in [6, 6.07) is 9.77. The van der Waals surface area contributed by atoms with Gasteiger partial charge in [0.25, 0.3) is 0 Å². The summed E-state index contributed by atoms with van der Waals surface area (Å²) in [5.41, 5.74) is 0.344. The van der Waals surface area contributed by atoms with Gasteiger partial charge in [-0.05, 0) is 18.4 Å². The Kier molecular flexibility index (Phi) is 3.95. The first-order valence-electron chi connectivity index (χ1n) is 6.49. The normalized spacial score (nSPS) is 26.3. The lowest BCUT2D eigenvalue weighted by molar-refractivity contribution is -0.127. The van der Waals surface area contributed by atoms with Gasteiger partial charge in [-0.25, -0.2) is 0 Å². The van der Waals surface area contributed by atoms with E-state index in [1.54, 1.807) is 0 Å². The molecular formula is C15H20O2. The van der Waals surface area contributed by atoms with Crippen molar-refractivity contribution in [3.05, 3.63) is 35.9 Å². The Balaban J connectivity index is 2.35. The van der Waals surface area contributed by atoms with Crippen molar-refractivity contribution >= 4 is 5.78 Å². The van der Waals surface area contributed by atoms with Crippen molar-refractivity contribution in [2.24, 2.45) is 0 Å². The summed E-state index contributed by atoms with van der Waals surface area (Å²) in [7, 11) is 0. The molecule has 0 amide bonds. The van der Waals surface area contributed by atoms with Crippen LogP contribution < -0.4 is 0 Å². The third-order valence-corrected chi connectivity index (χ3v) is 3.89. The highest BCUT2D eigenvalue weighted by Gasteiger charge is 2.38. The molecular weight excluding hydrogens is 212 g/mol. The maximum Gasteiger partial charge on any atom is 0.145 e. The van der Waals surface area contributed by atoms with Crippen molar-refractivity contribution in [3.8, 4) is 0 Å². The van der Waals surface area contributed by atoms with E-state index in [0.29, 0.717) is 6.42 Å².